The molecule has 3 N–H and O–H groups in total. The van der Waals surface area contributed by atoms with Gasteiger partial charge in [-0.1, -0.05) is 62.4 Å². The van der Waals surface area contributed by atoms with Gasteiger partial charge >= 0.3 is 0 Å². The van der Waals surface area contributed by atoms with E-state index in [1.165, 1.54) is 0 Å². The first kappa shape index (κ1) is 23.9. The average Bonchev–Trinajstić information content (AvgIpc) is 2.70. The highest BCUT2D eigenvalue weighted by Gasteiger charge is 2.32. The molecule has 170 valence electrons. The minimum absolute atomic E-state index is 0.234. The van der Waals surface area contributed by atoms with Gasteiger partial charge in [0.25, 0.3) is 0 Å². The van der Waals surface area contributed by atoms with Crippen LogP contribution in [0, 0.1) is 17.5 Å². The number of primary sulfonamides is 1. The second-order valence-corrected chi connectivity index (χ2v) is 10.4. The molecule has 0 aliphatic heterocycles. The average molecular weight is 473 g/mol. The fourth-order valence-corrected chi connectivity index (χ4v) is 5.62. The topological polar surface area (TPSA) is 72.2 Å². The van der Waals surface area contributed by atoms with Crippen LogP contribution in [0.3, 0.4) is 0 Å². The normalized spacial score (nSPS) is 16.0. The number of thioether (sulfide) groups is 1. The molecule has 0 spiro atoms. The van der Waals surface area contributed by atoms with Gasteiger partial charge in [-0.3, -0.25) is 0 Å². The number of anilines is 1. The van der Waals surface area contributed by atoms with E-state index in [1.807, 2.05) is 30.3 Å². The first-order chi connectivity index (χ1) is 14.8. The predicted octanol–water partition coefficient (Wildman–Crippen LogP) is 5.61. The number of nitrogens with one attached hydrogen (secondary N) is 1. The van der Waals surface area contributed by atoms with Crippen LogP contribution in [-0.4, -0.2) is 20.2 Å². The van der Waals surface area contributed by atoms with Crippen molar-refractivity contribution in [2.45, 2.75) is 67.2 Å². The molecule has 4 nitrogen and oxygen atoms in total. The maximum atomic E-state index is 15.4. The lowest BCUT2D eigenvalue weighted by Gasteiger charge is -2.24. The van der Waals surface area contributed by atoms with Gasteiger partial charge in [-0.15, -0.1) is 11.8 Å². The second-order valence-electron chi connectivity index (χ2n) is 7.79. The molecule has 1 aliphatic rings. The number of hydrogen-bond donors (Lipinski definition) is 2. The third-order valence-corrected chi connectivity index (χ3v) is 7.46. The van der Waals surface area contributed by atoms with Crippen molar-refractivity contribution in [3.63, 3.8) is 0 Å². The van der Waals surface area contributed by atoms with Gasteiger partial charge in [-0.2, -0.15) is 0 Å². The number of rotatable bonds is 7. The summed E-state index contributed by atoms with van der Waals surface area (Å²) in [4.78, 5) is -1.67. The fraction of sp³-hybridized carbons (Fsp3) is 0.455. The zero-order valence-electron chi connectivity index (χ0n) is 17.2. The molecule has 1 saturated carbocycles. The molecule has 0 unspecified atom stereocenters. The summed E-state index contributed by atoms with van der Waals surface area (Å²) in [6, 6.07) is 9.13. The summed E-state index contributed by atoms with van der Waals surface area (Å²) in [7, 11) is -4.68. The third kappa shape index (κ3) is 6.17. The van der Waals surface area contributed by atoms with E-state index in [9.17, 15) is 17.2 Å². The molecule has 0 amide bonds. The third-order valence-electron chi connectivity index (χ3n) is 5.46. The summed E-state index contributed by atoms with van der Waals surface area (Å²) in [5, 5.41) is 7.99. The van der Waals surface area contributed by atoms with E-state index >= 15 is 4.39 Å². The van der Waals surface area contributed by atoms with E-state index in [1.54, 1.807) is 0 Å². The van der Waals surface area contributed by atoms with Crippen molar-refractivity contribution in [1.82, 2.24) is 0 Å². The van der Waals surface area contributed by atoms with Crippen molar-refractivity contribution in [2.24, 2.45) is 5.14 Å². The second kappa shape index (κ2) is 10.7. The lowest BCUT2D eigenvalue weighted by molar-refractivity contribution is 0.441. The van der Waals surface area contributed by atoms with E-state index in [2.05, 4.69) is 5.32 Å². The molecule has 0 radical (unpaired) electrons. The number of nitrogens with two attached hydrogens (primary N) is 1. The Morgan fingerprint density at radius 2 is 1.55 bits per heavy atom. The molecule has 2 aromatic carbocycles. The smallest absolute Gasteiger partial charge is 0.243 e. The number of benzene rings is 2. The van der Waals surface area contributed by atoms with Gasteiger partial charge in [0.15, 0.2) is 17.5 Å². The Labute approximate surface area is 185 Å². The summed E-state index contributed by atoms with van der Waals surface area (Å²) in [6.45, 7) is 0. The van der Waals surface area contributed by atoms with Crippen molar-refractivity contribution in [2.75, 3.05) is 11.1 Å². The maximum absolute atomic E-state index is 15.4. The Morgan fingerprint density at radius 3 is 2.16 bits per heavy atom. The Hall–Kier alpha value is -1.71. The maximum Gasteiger partial charge on any atom is 0.243 e. The quantitative estimate of drug-likeness (QED) is 0.406. The molecule has 0 saturated heterocycles. The van der Waals surface area contributed by atoms with E-state index in [-0.39, 0.29) is 6.04 Å². The van der Waals surface area contributed by atoms with Crippen LogP contribution < -0.4 is 10.5 Å². The highest BCUT2D eigenvalue weighted by atomic mass is 32.2. The first-order valence-corrected chi connectivity index (χ1v) is 13.0. The van der Waals surface area contributed by atoms with Crippen LogP contribution in [0.1, 0.15) is 50.5 Å². The molecule has 0 heterocycles. The summed E-state index contributed by atoms with van der Waals surface area (Å²) in [5.41, 5.74) is 0.416. The van der Waals surface area contributed by atoms with Crippen LogP contribution in [0.5, 0.6) is 0 Å². The number of sulfonamides is 1. The zero-order chi connectivity index (χ0) is 22.4. The van der Waals surface area contributed by atoms with Crippen LogP contribution in [0.4, 0.5) is 18.9 Å². The van der Waals surface area contributed by atoms with Gasteiger partial charge < -0.3 is 5.32 Å². The van der Waals surface area contributed by atoms with Crippen molar-refractivity contribution in [1.29, 1.82) is 0 Å². The molecule has 2 aromatic rings. The van der Waals surface area contributed by atoms with Gasteiger partial charge in [-0.05, 0) is 24.8 Å². The van der Waals surface area contributed by atoms with Gasteiger partial charge in [0.05, 0.1) is 10.6 Å². The van der Waals surface area contributed by atoms with Gasteiger partial charge in [0, 0.05) is 11.8 Å². The zero-order valence-corrected chi connectivity index (χ0v) is 18.8. The van der Waals surface area contributed by atoms with Crippen LogP contribution in [0.25, 0.3) is 0 Å². The summed E-state index contributed by atoms with van der Waals surface area (Å²) in [6.07, 6.45) is 6.88. The molecule has 1 fully saturated rings. The monoisotopic (exact) mass is 472 g/mol. The number of halogens is 3. The molecule has 9 heteroatoms. The van der Waals surface area contributed by atoms with Gasteiger partial charge in [-0.25, -0.2) is 26.7 Å². The highest BCUT2D eigenvalue weighted by Crippen LogP contribution is 2.38. The summed E-state index contributed by atoms with van der Waals surface area (Å²) >= 11 is 0.820. The van der Waals surface area contributed by atoms with E-state index < -0.39 is 43.0 Å². The standard InChI is InChI=1S/C22H27F3N2O2S2/c23-17-18(24)22(31(26,28)29)20(27-16-11-7-2-1-3-8-12-16)19(25)21(17)30-14-13-15-9-5-4-6-10-15/h4-6,9-10,16,27H,1-3,7-8,11-14H2,(H2,26,28,29). The van der Waals surface area contributed by atoms with Crippen molar-refractivity contribution in [3.8, 4) is 0 Å². The molecule has 0 atom stereocenters. The highest BCUT2D eigenvalue weighted by molar-refractivity contribution is 7.99. The van der Waals surface area contributed by atoms with Crippen LogP contribution in [-0.2, 0) is 16.4 Å². The molecule has 1 aliphatic carbocycles. The van der Waals surface area contributed by atoms with Crippen molar-refractivity contribution >= 4 is 27.5 Å². The van der Waals surface area contributed by atoms with Crippen molar-refractivity contribution < 1.29 is 21.6 Å². The first-order valence-electron chi connectivity index (χ1n) is 10.5. The summed E-state index contributed by atoms with van der Waals surface area (Å²) in [5.74, 6) is -3.97. The molecule has 0 bridgehead atoms. The Bertz CT molecular complexity index is 994. The Kier molecular flexibility index (Phi) is 8.30. The number of aryl methyl sites for hydroxylation is 1. The fourth-order valence-electron chi connectivity index (χ4n) is 3.86. The lowest BCUT2D eigenvalue weighted by Crippen LogP contribution is -2.26. The van der Waals surface area contributed by atoms with E-state index in [0.717, 1.165) is 49.4 Å². The van der Waals surface area contributed by atoms with E-state index in [0.29, 0.717) is 25.0 Å². The van der Waals surface area contributed by atoms with Gasteiger partial charge in [0.2, 0.25) is 10.0 Å². The predicted molar refractivity (Wildman–Crippen MR) is 118 cm³/mol. The molecular weight excluding hydrogens is 445 g/mol. The van der Waals surface area contributed by atoms with Crippen molar-refractivity contribution in [3.05, 3.63) is 53.3 Å². The summed E-state index contributed by atoms with van der Waals surface area (Å²) < 4.78 is 68.8. The largest absolute Gasteiger partial charge is 0.379 e. The molecule has 3 rings (SSSR count). The Morgan fingerprint density at radius 1 is 0.935 bits per heavy atom. The van der Waals surface area contributed by atoms with Crippen LogP contribution in [0.15, 0.2) is 40.1 Å². The van der Waals surface area contributed by atoms with E-state index in [4.69, 9.17) is 5.14 Å². The molecular formula is C22H27F3N2O2S2. The minimum Gasteiger partial charge on any atom is -0.379 e. The molecule has 31 heavy (non-hydrogen) atoms. The van der Waals surface area contributed by atoms with Gasteiger partial charge in [0.1, 0.15) is 4.90 Å². The SMILES string of the molecule is NS(=O)(=O)c1c(F)c(F)c(SCCc2ccccc2)c(F)c1NC1CCCCCCC1. The lowest BCUT2D eigenvalue weighted by atomic mass is 9.96. The minimum atomic E-state index is -4.68. The molecule has 0 aromatic heterocycles. The van der Waals surface area contributed by atoms with Crippen LogP contribution in [0.2, 0.25) is 0 Å². The van der Waals surface area contributed by atoms with Crippen LogP contribution >= 0.6 is 11.8 Å². The Balaban J connectivity index is 1.92. The number of hydrogen-bond acceptors (Lipinski definition) is 4.